The molecule has 0 spiro atoms. The Labute approximate surface area is 159 Å². The summed E-state index contributed by atoms with van der Waals surface area (Å²) in [5.74, 6) is -1.53. The van der Waals surface area contributed by atoms with E-state index in [1.54, 1.807) is 12.5 Å². The molecule has 0 unspecified atom stereocenters. The van der Waals surface area contributed by atoms with E-state index in [-0.39, 0.29) is 12.6 Å². The standard InChI is InChI=1S/C16H12F6N6O/c17-15(18,19)11-3-12(16(20,21)22)26-14(10(11)4-23)25-6-13(29)27-1-2-28-8-24-5-9(28)7-27/h3,5,8H,1-2,6-7H2,(H,25,26). The highest BCUT2D eigenvalue weighted by atomic mass is 19.4. The average Bonchev–Trinajstić information content (AvgIpc) is 3.11. The highest BCUT2D eigenvalue weighted by Gasteiger charge is 2.41. The second-order valence-electron chi connectivity index (χ2n) is 6.13. The predicted octanol–water partition coefficient (Wildman–Crippen LogP) is 2.64. The number of nitriles is 1. The van der Waals surface area contributed by atoms with Crippen LogP contribution in [-0.2, 0) is 30.2 Å². The van der Waals surface area contributed by atoms with Crippen molar-refractivity contribution in [2.24, 2.45) is 0 Å². The molecule has 0 fully saturated rings. The molecular formula is C16H12F6N6O. The molecule has 0 aliphatic carbocycles. The van der Waals surface area contributed by atoms with Crippen LogP contribution in [0.5, 0.6) is 0 Å². The largest absolute Gasteiger partial charge is 0.433 e. The normalized spacial score (nSPS) is 14.3. The van der Waals surface area contributed by atoms with Crippen molar-refractivity contribution >= 4 is 11.7 Å². The first-order valence-electron chi connectivity index (χ1n) is 8.11. The maximum absolute atomic E-state index is 13.1. The Morgan fingerprint density at radius 1 is 1.21 bits per heavy atom. The van der Waals surface area contributed by atoms with E-state index in [9.17, 15) is 31.1 Å². The minimum atomic E-state index is -5.21. The first-order chi connectivity index (χ1) is 13.5. The first-order valence-corrected chi connectivity index (χ1v) is 8.11. The van der Waals surface area contributed by atoms with Gasteiger partial charge < -0.3 is 14.8 Å². The lowest BCUT2D eigenvalue weighted by molar-refractivity contribution is -0.145. The summed E-state index contributed by atoms with van der Waals surface area (Å²) in [5.41, 5.74) is -3.98. The number of aromatic nitrogens is 3. The molecule has 1 amide bonds. The fourth-order valence-electron chi connectivity index (χ4n) is 2.82. The Bertz CT molecular complexity index is 974. The third kappa shape index (κ3) is 4.25. The number of nitrogens with one attached hydrogen (secondary N) is 1. The summed E-state index contributed by atoms with van der Waals surface area (Å²) in [4.78, 5) is 20.7. The van der Waals surface area contributed by atoms with Crippen LogP contribution in [0.1, 0.15) is 22.5 Å². The number of pyridine rings is 1. The number of fused-ring (bicyclic) bond motifs is 1. The fourth-order valence-corrected chi connectivity index (χ4v) is 2.82. The number of rotatable bonds is 3. The van der Waals surface area contributed by atoms with E-state index in [0.717, 1.165) is 5.69 Å². The van der Waals surface area contributed by atoms with Crippen LogP contribution in [0.3, 0.4) is 0 Å². The van der Waals surface area contributed by atoms with Crippen LogP contribution in [0, 0.1) is 11.3 Å². The number of amides is 1. The number of hydrogen-bond donors (Lipinski definition) is 1. The van der Waals surface area contributed by atoms with Crippen LogP contribution in [0.25, 0.3) is 0 Å². The molecule has 3 heterocycles. The van der Waals surface area contributed by atoms with Gasteiger partial charge in [0.15, 0.2) is 0 Å². The zero-order chi connectivity index (χ0) is 21.4. The van der Waals surface area contributed by atoms with E-state index in [4.69, 9.17) is 5.26 Å². The fraction of sp³-hybridized carbons (Fsp3) is 0.375. The molecular weight excluding hydrogens is 406 g/mol. The molecule has 13 heteroatoms. The minimum absolute atomic E-state index is 0.190. The van der Waals surface area contributed by atoms with Crippen LogP contribution in [0.4, 0.5) is 32.2 Å². The Morgan fingerprint density at radius 3 is 2.55 bits per heavy atom. The van der Waals surface area contributed by atoms with E-state index >= 15 is 0 Å². The van der Waals surface area contributed by atoms with Gasteiger partial charge in [-0.1, -0.05) is 0 Å². The number of anilines is 1. The van der Waals surface area contributed by atoms with Crippen molar-refractivity contribution in [3.8, 4) is 6.07 Å². The number of nitrogens with zero attached hydrogens (tertiary/aromatic N) is 5. The number of hydrogen-bond acceptors (Lipinski definition) is 5. The van der Waals surface area contributed by atoms with E-state index in [2.05, 4.69) is 15.3 Å². The predicted molar refractivity (Wildman–Crippen MR) is 85.1 cm³/mol. The van der Waals surface area contributed by atoms with Crippen molar-refractivity contribution in [2.45, 2.75) is 25.4 Å². The van der Waals surface area contributed by atoms with Gasteiger partial charge in [0.25, 0.3) is 0 Å². The van der Waals surface area contributed by atoms with Crippen LogP contribution in [0.2, 0.25) is 0 Å². The molecule has 1 aliphatic rings. The summed E-state index contributed by atoms with van der Waals surface area (Å²) < 4.78 is 80.0. The summed E-state index contributed by atoms with van der Waals surface area (Å²) in [6.45, 7) is 0.299. The quantitative estimate of drug-likeness (QED) is 0.775. The Balaban J connectivity index is 1.84. The molecule has 154 valence electrons. The molecule has 0 saturated heterocycles. The van der Waals surface area contributed by atoms with E-state index in [0.29, 0.717) is 13.1 Å². The topological polar surface area (TPSA) is 86.8 Å². The highest BCUT2D eigenvalue weighted by molar-refractivity contribution is 5.81. The van der Waals surface area contributed by atoms with Crippen molar-refractivity contribution in [1.29, 1.82) is 5.26 Å². The van der Waals surface area contributed by atoms with Gasteiger partial charge in [0.2, 0.25) is 5.91 Å². The molecule has 29 heavy (non-hydrogen) atoms. The molecule has 0 saturated carbocycles. The molecule has 0 bridgehead atoms. The Kier molecular flexibility index (Phi) is 5.12. The van der Waals surface area contributed by atoms with Crippen molar-refractivity contribution in [1.82, 2.24) is 19.4 Å². The van der Waals surface area contributed by atoms with Crippen LogP contribution < -0.4 is 5.32 Å². The van der Waals surface area contributed by atoms with Gasteiger partial charge >= 0.3 is 12.4 Å². The zero-order valence-corrected chi connectivity index (χ0v) is 14.5. The van der Waals surface area contributed by atoms with Crippen LogP contribution in [-0.4, -0.2) is 38.4 Å². The van der Waals surface area contributed by atoms with Gasteiger partial charge in [-0.05, 0) is 6.07 Å². The zero-order valence-electron chi connectivity index (χ0n) is 14.5. The lowest BCUT2D eigenvalue weighted by Gasteiger charge is -2.28. The van der Waals surface area contributed by atoms with Crippen molar-refractivity contribution in [2.75, 3.05) is 18.4 Å². The monoisotopic (exact) mass is 418 g/mol. The van der Waals surface area contributed by atoms with E-state index < -0.39 is 47.4 Å². The number of imidazole rings is 1. The smallest absolute Gasteiger partial charge is 0.360 e. The summed E-state index contributed by atoms with van der Waals surface area (Å²) in [5, 5.41) is 11.2. The van der Waals surface area contributed by atoms with Gasteiger partial charge in [0, 0.05) is 19.3 Å². The third-order valence-electron chi connectivity index (χ3n) is 4.25. The van der Waals surface area contributed by atoms with Gasteiger partial charge in [-0.2, -0.15) is 31.6 Å². The maximum Gasteiger partial charge on any atom is 0.433 e. The number of carbonyl (C=O) groups excluding carboxylic acids is 1. The van der Waals surface area contributed by atoms with E-state index in [1.165, 1.54) is 11.0 Å². The number of carbonyl (C=O) groups is 1. The van der Waals surface area contributed by atoms with Crippen LogP contribution >= 0.6 is 0 Å². The SMILES string of the molecule is N#Cc1c(C(F)(F)F)cc(C(F)(F)F)nc1NCC(=O)N1CCn2cncc2C1. The molecule has 2 aromatic rings. The summed E-state index contributed by atoms with van der Waals surface area (Å²) in [6, 6.07) is 0.989. The second kappa shape index (κ2) is 7.26. The molecule has 3 rings (SSSR count). The van der Waals surface area contributed by atoms with Crippen LogP contribution in [0.15, 0.2) is 18.6 Å². The first kappa shape index (κ1) is 20.4. The third-order valence-corrected chi connectivity index (χ3v) is 4.25. The van der Waals surface area contributed by atoms with Gasteiger partial charge in [-0.3, -0.25) is 4.79 Å². The summed E-state index contributed by atoms with van der Waals surface area (Å²) >= 11 is 0. The lowest BCUT2D eigenvalue weighted by atomic mass is 10.1. The molecule has 1 aliphatic heterocycles. The number of alkyl halides is 6. The van der Waals surface area contributed by atoms with Crippen molar-refractivity contribution in [3.05, 3.63) is 41.1 Å². The molecule has 7 nitrogen and oxygen atoms in total. The molecule has 0 radical (unpaired) electrons. The lowest BCUT2D eigenvalue weighted by Crippen LogP contribution is -2.41. The molecule has 0 atom stereocenters. The van der Waals surface area contributed by atoms with Crippen molar-refractivity contribution in [3.63, 3.8) is 0 Å². The summed E-state index contributed by atoms with van der Waals surface area (Å²) in [7, 11) is 0. The highest BCUT2D eigenvalue weighted by Crippen LogP contribution is 2.38. The average molecular weight is 418 g/mol. The van der Waals surface area contributed by atoms with Gasteiger partial charge in [0.1, 0.15) is 23.1 Å². The second-order valence-corrected chi connectivity index (χ2v) is 6.13. The Morgan fingerprint density at radius 2 is 1.93 bits per heavy atom. The molecule has 1 N–H and O–H groups in total. The minimum Gasteiger partial charge on any atom is -0.360 e. The van der Waals surface area contributed by atoms with Gasteiger partial charge in [-0.25, -0.2) is 9.97 Å². The summed E-state index contributed by atoms with van der Waals surface area (Å²) in [6.07, 6.45) is -7.25. The molecule has 2 aromatic heterocycles. The van der Waals surface area contributed by atoms with Gasteiger partial charge in [0.05, 0.1) is 30.7 Å². The Hall–Kier alpha value is -3.30. The van der Waals surface area contributed by atoms with E-state index in [1.807, 2.05) is 4.57 Å². The molecule has 0 aromatic carbocycles. The van der Waals surface area contributed by atoms with Gasteiger partial charge in [-0.15, -0.1) is 0 Å². The number of halogens is 6. The maximum atomic E-state index is 13.1. The van der Waals surface area contributed by atoms with Crippen molar-refractivity contribution < 1.29 is 31.1 Å².